The standard InChI is InChI=1S/C15H11ClN2O2/c16-14-11(5-3-7-17-14)9-18-13(19)8-10-4-1-2-6-12(10)15(18)20/h1-7H,8-9H2. The molecule has 1 aliphatic rings. The first-order chi connectivity index (χ1) is 9.66. The maximum atomic E-state index is 12.4. The Hall–Kier alpha value is -2.20. The van der Waals surface area contributed by atoms with Crippen LogP contribution in [0.1, 0.15) is 21.5 Å². The van der Waals surface area contributed by atoms with Crippen molar-refractivity contribution in [1.29, 1.82) is 0 Å². The number of imide groups is 1. The van der Waals surface area contributed by atoms with Crippen LogP contribution in [0.2, 0.25) is 5.15 Å². The number of pyridine rings is 1. The Bertz CT molecular complexity index is 700. The Morgan fingerprint density at radius 1 is 1.15 bits per heavy atom. The predicted molar refractivity (Wildman–Crippen MR) is 74.3 cm³/mol. The van der Waals surface area contributed by atoms with Crippen molar-refractivity contribution in [2.24, 2.45) is 0 Å². The maximum Gasteiger partial charge on any atom is 0.261 e. The average molecular weight is 287 g/mol. The number of nitrogens with zero attached hydrogens (tertiary/aromatic N) is 2. The van der Waals surface area contributed by atoms with Gasteiger partial charge >= 0.3 is 0 Å². The number of benzene rings is 1. The quantitative estimate of drug-likeness (QED) is 0.629. The summed E-state index contributed by atoms with van der Waals surface area (Å²) in [6.07, 6.45) is 1.81. The van der Waals surface area contributed by atoms with Gasteiger partial charge in [0.25, 0.3) is 5.91 Å². The summed E-state index contributed by atoms with van der Waals surface area (Å²) in [5, 5.41) is 0.312. The van der Waals surface area contributed by atoms with Gasteiger partial charge in [0.2, 0.25) is 5.91 Å². The zero-order valence-electron chi connectivity index (χ0n) is 10.5. The third kappa shape index (κ3) is 2.18. The van der Waals surface area contributed by atoms with Gasteiger partial charge in [-0.15, -0.1) is 0 Å². The number of hydrogen-bond donors (Lipinski definition) is 0. The second-order valence-corrected chi connectivity index (χ2v) is 4.93. The predicted octanol–water partition coefficient (Wildman–Crippen LogP) is 2.46. The molecule has 0 atom stereocenters. The van der Waals surface area contributed by atoms with E-state index in [9.17, 15) is 9.59 Å². The van der Waals surface area contributed by atoms with E-state index in [1.807, 2.05) is 6.07 Å². The molecule has 0 aliphatic carbocycles. The lowest BCUT2D eigenvalue weighted by molar-refractivity contribution is -0.128. The SMILES string of the molecule is O=C1Cc2ccccc2C(=O)N1Cc1cccnc1Cl. The number of aromatic nitrogens is 1. The van der Waals surface area contributed by atoms with E-state index in [4.69, 9.17) is 11.6 Å². The molecule has 3 rings (SSSR count). The minimum Gasteiger partial charge on any atom is -0.274 e. The summed E-state index contributed by atoms with van der Waals surface area (Å²) in [5.41, 5.74) is 2.01. The summed E-state index contributed by atoms with van der Waals surface area (Å²) in [4.78, 5) is 29.7. The number of amides is 2. The first kappa shape index (κ1) is 12.8. The lowest BCUT2D eigenvalue weighted by Crippen LogP contribution is -2.41. The van der Waals surface area contributed by atoms with Gasteiger partial charge in [-0.2, -0.15) is 0 Å². The minimum atomic E-state index is -0.281. The molecule has 0 radical (unpaired) electrons. The molecule has 2 aromatic rings. The highest BCUT2D eigenvalue weighted by Crippen LogP contribution is 2.23. The van der Waals surface area contributed by atoms with Crippen molar-refractivity contribution >= 4 is 23.4 Å². The fraction of sp³-hybridized carbons (Fsp3) is 0.133. The molecule has 1 aliphatic heterocycles. The Kier molecular flexibility index (Phi) is 3.24. The van der Waals surface area contributed by atoms with Gasteiger partial charge in [0.05, 0.1) is 13.0 Å². The second kappa shape index (κ2) is 5.06. The Morgan fingerprint density at radius 3 is 2.75 bits per heavy atom. The summed E-state index contributed by atoms with van der Waals surface area (Å²) in [6.45, 7) is 0.151. The van der Waals surface area contributed by atoms with E-state index in [1.165, 1.54) is 4.90 Å². The minimum absolute atomic E-state index is 0.151. The second-order valence-electron chi connectivity index (χ2n) is 4.57. The lowest BCUT2D eigenvalue weighted by Gasteiger charge is -2.26. The maximum absolute atomic E-state index is 12.4. The van der Waals surface area contributed by atoms with Crippen molar-refractivity contribution in [3.63, 3.8) is 0 Å². The molecule has 100 valence electrons. The van der Waals surface area contributed by atoms with Crippen LogP contribution >= 0.6 is 11.6 Å². The fourth-order valence-electron chi connectivity index (χ4n) is 2.27. The highest BCUT2D eigenvalue weighted by atomic mass is 35.5. The Balaban J connectivity index is 1.94. The van der Waals surface area contributed by atoms with Crippen molar-refractivity contribution in [2.45, 2.75) is 13.0 Å². The molecule has 2 amide bonds. The highest BCUT2D eigenvalue weighted by molar-refractivity contribution is 6.30. The smallest absolute Gasteiger partial charge is 0.261 e. The van der Waals surface area contributed by atoms with E-state index in [0.29, 0.717) is 16.3 Å². The largest absolute Gasteiger partial charge is 0.274 e. The molecule has 5 heteroatoms. The van der Waals surface area contributed by atoms with Crippen LogP contribution in [0, 0.1) is 0 Å². The topological polar surface area (TPSA) is 50.3 Å². The average Bonchev–Trinajstić information content (AvgIpc) is 2.45. The summed E-state index contributed by atoms with van der Waals surface area (Å²) >= 11 is 5.98. The molecule has 0 bridgehead atoms. The molecule has 0 saturated heterocycles. The van der Waals surface area contributed by atoms with Crippen LogP contribution in [0.25, 0.3) is 0 Å². The molecule has 0 spiro atoms. The van der Waals surface area contributed by atoms with Crippen molar-refractivity contribution in [2.75, 3.05) is 0 Å². The van der Waals surface area contributed by atoms with Gasteiger partial charge in [-0.25, -0.2) is 4.98 Å². The van der Waals surface area contributed by atoms with Crippen molar-refractivity contribution in [3.8, 4) is 0 Å². The molecular weight excluding hydrogens is 276 g/mol. The monoisotopic (exact) mass is 286 g/mol. The zero-order valence-corrected chi connectivity index (χ0v) is 11.3. The Morgan fingerprint density at radius 2 is 1.95 bits per heavy atom. The van der Waals surface area contributed by atoms with Gasteiger partial charge in [0.1, 0.15) is 5.15 Å². The van der Waals surface area contributed by atoms with Crippen LogP contribution in [0.15, 0.2) is 42.6 Å². The molecule has 20 heavy (non-hydrogen) atoms. The Labute approximate surface area is 121 Å². The van der Waals surface area contributed by atoms with E-state index in [0.717, 1.165) is 5.56 Å². The third-order valence-electron chi connectivity index (χ3n) is 3.30. The number of fused-ring (bicyclic) bond motifs is 1. The number of carbonyl (C=O) groups is 2. The van der Waals surface area contributed by atoms with Crippen molar-refractivity contribution < 1.29 is 9.59 Å². The molecule has 0 N–H and O–H groups in total. The summed E-state index contributed by atoms with van der Waals surface area (Å²) in [7, 11) is 0. The van der Waals surface area contributed by atoms with E-state index in [1.54, 1.807) is 36.5 Å². The van der Waals surface area contributed by atoms with E-state index in [-0.39, 0.29) is 24.8 Å². The molecule has 1 aromatic heterocycles. The van der Waals surface area contributed by atoms with Gasteiger partial charge in [-0.05, 0) is 17.7 Å². The molecule has 0 fully saturated rings. The lowest BCUT2D eigenvalue weighted by atomic mass is 9.98. The summed E-state index contributed by atoms with van der Waals surface area (Å²) < 4.78 is 0. The third-order valence-corrected chi connectivity index (χ3v) is 3.64. The van der Waals surface area contributed by atoms with E-state index in [2.05, 4.69) is 4.98 Å². The molecule has 1 aromatic carbocycles. The van der Waals surface area contributed by atoms with Gasteiger partial charge in [0, 0.05) is 17.3 Å². The van der Waals surface area contributed by atoms with E-state index < -0.39 is 0 Å². The van der Waals surface area contributed by atoms with Crippen LogP contribution < -0.4 is 0 Å². The molecule has 0 saturated carbocycles. The normalized spacial score (nSPS) is 14.3. The van der Waals surface area contributed by atoms with Crippen LogP contribution in [-0.4, -0.2) is 21.7 Å². The number of rotatable bonds is 2. The number of halogens is 1. The highest BCUT2D eigenvalue weighted by Gasteiger charge is 2.30. The fourth-order valence-corrected chi connectivity index (χ4v) is 2.45. The molecule has 0 unspecified atom stereocenters. The first-order valence-electron chi connectivity index (χ1n) is 6.19. The molecule has 4 nitrogen and oxygen atoms in total. The van der Waals surface area contributed by atoms with Crippen LogP contribution in [-0.2, 0) is 17.8 Å². The van der Waals surface area contributed by atoms with Crippen molar-refractivity contribution in [3.05, 3.63) is 64.4 Å². The van der Waals surface area contributed by atoms with Gasteiger partial charge in [0.15, 0.2) is 0 Å². The van der Waals surface area contributed by atoms with Gasteiger partial charge in [-0.1, -0.05) is 35.9 Å². The van der Waals surface area contributed by atoms with Gasteiger partial charge in [-0.3, -0.25) is 14.5 Å². The summed E-state index contributed by atoms with van der Waals surface area (Å²) in [5.74, 6) is -0.495. The van der Waals surface area contributed by atoms with Gasteiger partial charge < -0.3 is 0 Å². The number of hydrogen-bond acceptors (Lipinski definition) is 3. The van der Waals surface area contributed by atoms with E-state index >= 15 is 0 Å². The summed E-state index contributed by atoms with van der Waals surface area (Å²) in [6, 6.07) is 10.7. The molecular formula is C15H11ClN2O2. The van der Waals surface area contributed by atoms with Crippen LogP contribution in [0.4, 0.5) is 0 Å². The first-order valence-corrected chi connectivity index (χ1v) is 6.56. The van der Waals surface area contributed by atoms with Crippen LogP contribution in [0.5, 0.6) is 0 Å². The van der Waals surface area contributed by atoms with Crippen molar-refractivity contribution in [1.82, 2.24) is 9.88 Å². The van der Waals surface area contributed by atoms with Crippen LogP contribution in [0.3, 0.4) is 0 Å². The zero-order chi connectivity index (χ0) is 14.1. The number of carbonyl (C=O) groups excluding carboxylic acids is 2. The molecule has 2 heterocycles.